The Morgan fingerprint density at radius 3 is 2.63 bits per heavy atom. The predicted octanol–water partition coefficient (Wildman–Crippen LogP) is 4.13. The van der Waals surface area contributed by atoms with Crippen LogP contribution in [-0.4, -0.2) is 30.1 Å². The van der Waals surface area contributed by atoms with Crippen molar-refractivity contribution >= 4 is 11.3 Å². The van der Waals surface area contributed by atoms with Crippen LogP contribution in [0.5, 0.6) is 0 Å². The highest BCUT2D eigenvalue weighted by molar-refractivity contribution is 7.09. The van der Waals surface area contributed by atoms with E-state index in [1.54, 1.807) is 0 Å². The van der Waals surface area contributed by atoms with Gasteiger partial charge in [-0.2, -0.15) is 0 Å². The van der Waals surface area contributed by atoms with Crippen LogP contribution in [0.4, 0.5) is 0 Å². The van der Waals surface area contributed by atoms with Gasteiger partial charge in [-0.15, -0.1) is 11.3 Å². The van der Waals surface area contributed by atoms with Crippen LogP contribution in [0.3, 0.4) is 0 Å². The van der Waals surface area contributed by atoms with Crippen molar-refractivity contribution in [3.05, 3.63) is 22.4 Å². The molecule has 2 atom stereocenters. The van der Waals surface area contributed by atoms with E-state index in [1.165, 1.54) is 30.7 Å². The second kappa shape index (κ2) is 9.51. The highest BCUT2D eigenvalue weighted by Gasteiger charge is 2.17. The lowest BCUT2D eigenvalue weighted by Crippen LogP contribution is -2.45. The minimum atomic E-state index is 0.612. The van der Waals surface area contributed by atoms with E-state index in [1.807, 2.05) is 11.3 Å². The third-order valence-corrected chi connectivity index (χ3v) is 4.69. The maximum atomic E-state index is 3.59. The van der Waals surface area contributed by atoms with Crippen LogP contribution in [0.15, 0.2) is 17.5 Å². The standard InChI is InChI=1S/C16H30N2S/c1-5-7-10-18(14(3)6-2)15(4)12-17-13-16-9-8-11-19-16/h8-9,11,14-15,17H,5-7,10,12-13H2,1-4H3. The van der Waals surface area contributed by atoms with Gasteiger partial charge in [0.25, 0.3) is 0 Å². The Labute approximate surface area is 123 Å². The number of thiophene rings is 1. The summed E-state index contributed by atoms with van der Waals surface area (Å²) in [5, 5.41) is 5.74. The Balaban J connectivity index is 2.35. The molecule has 19 heavy (non-hydrogen) atoms. The van der Waals surface area contributed by atoms with Gasteiger partial charge in [-0.1, -0.05) is 26.3 Å². The molecule has 0 bridgehead atoms. The molecule has 1 N–H and O–H groups in total. The van der Waals surface area contributed by atoms with Gasteiger partial charge in [0.05, 0.1) is 0 Å². The Morgan fingerprint density at radius 2 is 2.05 bits per heavy atom. The molecular formula is C16H30N2S. The summed E-state index contributed by atoms with van der Waals surface area (Å²) < 4.78 is 0. The average molecular weight is 282 g/mol. The summed E-state index contributed by atoms with van der Waals surface area (Å²) in [6.07, 6.45) is 3.82. The highest BCUT2D eigenvalue weighted by Crippen LogP contribution is 2.11. The Bertz CT molecular complexity index is 311. The molecule has 0 spiro atoms. The predicted molar refractivity (Wildman–Crippen MR) is 86.9 cm³/mol. The molecule has 1 aromatic rings. The smallest absolute Gasteiger partial charge is 0.0300 e. The normalized spacial score (nSPS) is 14.8. The molecule has 0 aliphatic heterocycles. The number of nitrogens with zero attached hydrogens (tertiary/aromatic N) is 1. The van der Waals surface area contributed by atoms with Crippen molar-refractivity contribution in [1.82, 2.24) is 10.2 Å². The molecule has 1 aromatic heterocycles. The highest BCUT2D eigenvalue weighted by atomic mass is 32.1. The van der Waals surface area contributed by atoms with Gasteiger partial charge in [0.2, 0.25) is 0 Å². The number of nitrogens with one attached hydrogen (secondary N) is 1. The maximum Gasteiger partial charge on any atom is 0.0300 e. The molecule has 0 aliphatic carbocycles. The minimum Gasteiger partial charge on any atom is -0.310 e. The van der Waals surface area contributed by atoms with Gasteiger partial charge in [0, 0.05) is 30.1 Å². The fourth-order valence-corrected chi connectivity index (χ4v) is 3.06. The summed E-state index contributed by atoms with van der Waals surface area (Å²) in [6, 6.07) is 5.62. The Kier molecular flexibility index (Phi) is 8.35. The molecule has 0 saturated carbocycles. The first kappa shape index (κ1) is 16.7. The first-order valence-corrected chi connectivity index (χ1v) is 8.55. The average Bonchev–Trinajstić information content (AvgIpc) is 2.92. The molecule has 0 amide bonds. The van der Waals surface area contributed by atoms with Crippen LogP contribution >= 0.6 is 11.3 Å². The summed E-state index contributed by atoms with van der Waals surface area (Å²) in [5.41, 5.74) is 0. The first-order chi connectivity index (χ1) is 9.19. The summed E-state index contributed by atoms with van der Waals surface area (Å²) in [5.74, 6) is 0. The molecule has 3 heteroatoms. The molecule has 1 heterocycles. The Morgan fingerprint density at radius 1 is 1.26 bits per heavy atom. The van der Waals surface area contributed by atoms with Gasteiger partial charge >= 0.3 is 0 Å². The largest absolute Gasteiger partial charge is 0.310 e. The van der Waals surface area contributed by atoms with E-state index in [-0.39, 0.29) is 0 Å². The zero-order chi connectivity index (χ0) is 14.1. The van der Waals surface area contributed by atoms with Gasteiger partial charge in [0.15, 0.2) is 0 Å². The summed E-state index contributed by atoms with van der Waals surface area (Å²) in [6.45, 7) is 12.6. The molecule has 0 aliphatic rings. The van der Waals surface area contributed by atoms with Gasteiger partial charge in [-0.25, -0.2) is 0 Å². The quantitative estimate of drug-likeness (QED) is 0.694. The molecule has 0 aromatic carbocycles. The van der Waals surface area contributed by atoms with E-state index in [0.717, 1.165) is 13.1 Å². The molecule has 1 rings (SSSR count). The van der Waals surface area contributed by atoms with Crippen molar-refractivity contribution in [1.29, 1.82) is 0 Å². The van der Waals surface area contributed by atoms with Crippen molar-refractivity contribution in [2.45, 2.75) is 65.6 Å². The van der Waals surface area contributed by atoms with Gasteiger partial charge in [0.1, 0.15) is 0 Å². The van der Waals surface area contributed by atoms with Crippen molar-refractivity contribution in [3.8, 4) is 0 Å². The molecule has 0 saturated heterocycles. The maximum absolute atomic E-state index is 3.59. The van der Waals surface area contributed by atoms with Crippen LogP contribution < -0.4 is 5.32 Å². The molecule has 0 fully saturated rings. The number of rotatable bonds is 10. The van der Waals surface area contributed by atoms with Crippen molar-refractivity contribution in [3.63, 3.8) is 0 Å². The van der Waals surface area contributed by atoms with Gasteiger partial charge in [-0.05, 0) is 44.7 Å². The van der Waals surface area contributed by atoms with Gasteiger partial charge in [-0.3, -0.25) is 4.90 Å². The molecular weight excluding hydrogens is 252 g/mol. The topological polar surface area (TPSA) is 15.3 Å². The van der Waals surface area contributed by atoms with Crippen LogP contribution in [0.25, 0.3) is 0 Å². The van der Waals surface area contributed by atoms with E-state index in [0.29, 0.717) is 12.1 Å². The van der Waals surface area contributed by atoms with Crippen molar-refractivity contribution in [2.75, 3.05) is 13.1 Å². The van der Waals surface area contributed by atoms with Crippen LogP contribution in [-0.2, 0) is 6.54 Å². The third-order valence-electron chi connectivity index (χ3n) is 3.81. The van der Waals surface area contributed by atoms with Gasteiger partial charge < -0.3 is 5.32 Å². The molecule has 0 radical (unpaired) electrons. The lowest BCUT2D eigenvalue weighted by molar-refractivity contribution is 0.145. The summed E-state index contributed by atoms with van der Waals surface area (Å²) in [4.78, 5) is 4.08. The van der Waals surface area contributed by atoms with Crippen LogP contribution in [0, 0.1) is 0 Å². The lowest BCUT2D eigenvalue weighted by Gasteiger charge is -2.34. The third kappa shape index (κ3) is 6.07. The van der Waals surface area contributed by atoms with E-state index in [9.17, 15) is 0 Å². The van der Waals surface area contributed by atoms with Crippen LogP contribution in [0.1, 0.15) is 51.8 Å². The minimum absolute atomic E-state index is 0.612. The zero-order valence-corrected chi connectivity index (χ0v) is 13.8. The van der Waals surface area contributed by atoms with E-state index >= 15 is 0 Å². The fourth-order valence-electron chi connectivity index (χ4n) is 2.39. The molecule has 2 nitrogen and oxygen atoms in total. The second-order valence-corrected chi connectivity index (χ2v) is 6.44. The zero-order valence-electron chi connectivity index (χ0n) is 13.0. The SMILES string of the molecule is CCCCN(C(C)CC)C(C)CNCc1cccs1. The number of unbranched alkanes of at least 4 members (excludes halogenated alkanes) is 1. The first-order valence-electron chi connectivity index (χ1n) is 7.67. The summed E-state index contributed by atoms with van der Waals surface area (Å²) in [7, 11) is 0. The number of hydrogen-bond acceptors (Lipinski definition) is 3. The van der Waals surface area contributed by atoms with Crippen molar-refractivity contribution < 1.29 is 0 Å². The monoisotopic (exact) mass is 282 g/mol. The van der Waals surface area contributed by atoms with E-state index in [4.69, 9.17) is 0 Å². The lowest BCUT2D eigenvalue weighted by atomic mass is 10.1. The fraction of sp³-hybridized carbons (Fsp3) is 0.750. The van der Waals surface area contributed by atoms with E-state index in [2.05, 4.69) is 55.4 Å². The Hall–Kier alpha value is -0.380. The second-order valence-electron chi connectivity index (χ2n) is 5.41. The summed E-state index contributed by atoms with van der Waals surface area (Å²) >= 11 is 1.83. The van der Waals surface area contributed by atoms with E-state index < -0.39 is 0 Å². The molecule has 110 valence electrons. The van der Waals surface area contributed by atoms with Crippen LogP contribution in [0.2, 0.25) is 0 Å². The van der Waals surface area contributed by atoms with Crippen molar-refractivity contribution in [2.24, 2.45) is 0 Å². The molecule has 2 unspecified atom stereocenters. The number of hydrogen-bond donors (Lipinski definition) is 1.